The average molecular weight is 239 g/mol. The van der Waals surface area contributed by atoms with E-state index in [1.807, 2.05) is 0 Å². The summed E-state index contributed by atoms with van der Waals surface area (Å²) < 4.78 is 6.02. The second-order valence-electron chi connectivity index (χ2n) is 6.67. The molecule has 2 fully saturated rings. The van der Waals surface area contributed by atoms with Gasteiger partial charge in [-0.05, 0) is 53.5 Å². The van der Waals surface area contributed by atoms with Gasteiger partial charge in [0, 0.05) is 18.4 Å². The van der Waals surface area contributed by atoms with Gasteiger partial charge in [0.1, 0.15) is 5.78 Å². The van der Waals surface area contributed by atoms with Crippen LogP contribution in [0.5, 0.6) is 0 Å². The van der Waals surface area contributed by atoms with Gasteiger partial charge in [-0.15, -0.1) is 0 Å². The highest BCUT2D eigenvalue weighted by Gasteiger charge is 2.50. The average Bonchev–Trinajstić information content (AvgIpc) is 2.47. The topological polar surface area (TPSA) is 38.3 Å². The van der Waals surface area contributed by atoms with Crippen LogP contribution in [0.2, 0.25) is 0 Å². The van der Waals surface area contributed by atoms with E-state index in [9.17, 15) is 4.79 Å². The van der Waals surface area contributed by atoms with Gasteiger partial charge in [-0.1, -0.05) is 0 Å². The largest absolute Gasteiger partial charge is 0.369 e. The maximum absolute atomic E-state index is 12.6. The molecular formula is C14H25NO2. The zero-order chi connectivity index (χ0) is 12.7. The molecule has 0 radical (unpaired) electrons. The van der Waals surface area contributed by atoms with Crippen LogP contribution >= 0.6 is 0 Å². The van der Waals surface area contributed by atoms with Crippen molar-refractivity contribution in [3.8, 4) is 0 Å². The predicted octanol–water partition coefficient (Wildman–Crippen LogP) is 2.15. The fourth-order valence-electron chi connectivity index (χ4n) is 3.38. The van der Waals surface area contributed by atoms with Crippen molar-refractivity contribution in [3.05, 3.63) is 0 Å². The molecule has 3 nitrogen and oxygen atoms in total. The van der Waals surface area contributed by atoms with Gasteiger partial charge in [0.25, 0.3) is 0 Å². The second-order valence-corrected chi connectivity index (χ2v) is 6.67. The molecule has 0 saturated carbocycles. The highest BCUT2D eigenvalue weighted by molar-refractivity contribution is 5.85. The highest BCUT2D eigenvalue weighted by atomic mass is 16.5. The molecule has 0 spiro atoms. The van der Waals surface area contributed by atoms with Crippen molar-refractivity contribution in [2.75, 3.05) is 13.1 Å². The Hall–Kier alpha value is -0.410. The minimum absolute atomic E-state index is 0.0578. The van der Waals surface area contributed by atoms with E-state index in [4.69, 9.17) is 4.74 Å². The summed E-state index contributed by atoms with van der Waals surface area (Å²) in [5, 5.41) is 3.33. The van der Waals surface area contributed by atoms with E-state index >= 15 is 0 Å². The normalized spacial score (nSPS) is 35.8. The van der Waals surface area contributed by atoms with Gasteiger partial charge in [0.15, 0.2) is 0 Å². The van der Waals surface area contributed by atoms with Gasteiger partial charge in [-0.3, -0.25) is 4.79 Å². The number of carbonyl (C=O) groups is 1. The molecular weight excluding hydrogens is 214 g/mol. The Balaban J connectivity index is 2.08. The molecule has 98 valence electrons. The summed E-state index contributed by atoms with van der Waals surface area (Å²) in [4.78, 5) is 12.6. The highest BCUT2D eigenvalue weighted by Crippen LogP contribution is 2.43. The smallest absolute Gasteiger partial charge is 0.143 e. The molecule has 3 heteroatoms. The van der Waals surface area contributed by atoms with Crippen LogP contribution in [0.25, 0.3) is 0 Å². The Bertz CT molecular complexity index is 303. The number of ketones is 1. The van der Waals surface area contributed by atoms with Crippen LogP contribution in [0.3, 0.4) is 0 Å². The Labute approximate surface area is 104 Å². The third-order valence-corrected chi connectivity index (χ3v) is 4.12. The zero-order valence-electron chi connectivity index (χ0n) is 11.5. The van der Waals surface area contributed by atoms with Crippen LogP contribution in [0.15, 0.2) is 0 Å². The second kappa shape index (κ2) is 4.36. The van der Waals surface area contributed by atoms with E-state index < -0.39 is 0 Å². The lowest BCUT2D eigenvalue weighted by Gasteiger charge is -2.30. The van der Waals surface area contributed by atoms with Crippen molar-refractivity contribution >= 4 is 5.78 Å². The number of hydrogen-bond donors (Lipinski definition) is 1. The van der Waals surface area contributed by atoms with Crippen molar-refractivity contribution < 1.29 is 9.53 Å². The molecule has 2 atom stereocenters. The fourth-order valence-corrected chi connectivity index (χ4v) is 3.38. The standard InChI is InChI=1S/C14H25NO2/c1-13(2)8-11(14(3,4)17-13)12(16)10-6-5-7-15-9-10/h10-11,15H,5-9H2,1-4H3. The van der Waals surface area contributed by atoms with Crippen LogP contribution in [0, 0.1) is 11.8 Å². The van der Waals surface area contributed by atoms with Gasteiger partial charge < -0.3 is 10.1 Å². The zero-order valence-corrected chi connectivity index (χ0v) is 11.5. The van der Waals surface area contributed by atoms with E-state index in [2.05, 4.69) is 33.0 Å². The number of carbonyl (C=O) groups excluding carboxylic acids is 1. The molecule has 0 aromatic heterocycles. The lowest BCUT2D eigenvalue weighted by atomic mass is 9.77. The Morgan fingerprint density at radius 1 is 1.29 bits per heavy atom. The van der Waals surface area contributed by atoms with Crippen LogP contribution < -0.4 is 5.32 Å². The first-order chi connectivity index (χ1) is 7.82. The van der Waals surface area contributed by atoms with Gasteiger partial charge >= 0.3 is 0 Å². The van der Waals surface area contributed by atoms with E-state index in [0.717, 1.165) is 32.4 Å². The summed E-state index contributed by atoms with van der Waals surface area (Å²) >= 11 is 0. The van der Waals surface area contributed by atoms with Crippen molar-refractivity contribution in [2.24, 2.45) is 11.8 Å². The van der Waals surface area contributed by atoms with Crippen molar-refractivity contribution in [1.82, 2.24) is 5.32 Å². The van der Waals surface area contributed by atoms with Gasteiger partial charge in [-0.2, -0.15) is 0 Å². The van der Waals surface area contributed by atoms with Crippen molar-refractivity contribution in [1.29, 1.82) is 0 Å². The van der Waals surface area contributed by atoms with Crippen LogP contribution in [0.1, 0.15) is 47.0 Å². The molecule has 2 rings (SSSR count). The molecule has 1 N–H and O–H groups in total. The molecule has 17 heavy (non-hydrogen) atoms. The number of piperidine rings is 1. The number of hydrogen-bond acceptors (Lipinski definition) is 3. The van der Waals surface area contributed by atoms with Crippen LogP contribution in [0.4, 0.5) is 0 Å². The fraction of sp³-hybridized carbons (Fsp3) is 0.929. The summed E-state index contributed by atoms with van der Waals surface area (Å²) in [5.74, 6) is 0.667. The molecule has 2 saturated heterocycles. The van der Waals surface area contributed by atoms with E-state index in [-0.39, 0.29) is 23.0 Å². The molecule has 2 heterocycles. The molecule has 2 aliphatic heterocycles. The minimum atomic E-state index is -0.308. The summed E-state index contributed by atoms with van der Waals surface area (Å²) in [6.45, 7) is 10.2. The maximum Gasteiger partial charge on any atom is 0.143 e. The maximum atomic E-state index is 12.6. The Morgan fingerprint density at radius 3 is 2.47 bits per heavy atom. The first-order valence-corrected chi connectivity index (χ1v) is 6.76. The van der Waals surface area contributed by atoms with E-state index in [1.165, 1.54) is 0 Å². The molecule has 0 aliphatic carbocycles. The molecule has 0 aromatic rings. The monoisotopic (exact) mass is 239 g/mol. The molecule has 2 aliphatic rings. The lowest BCUT2D eigenvalue weighted by molar-refractivity contribution is -0.133. The molecule has 0 amide bonds. The summed E-state index contributed by atoms with van der Waals surface area (Å²) in [6, 6.07) is 0. The van der Waals surface area contributed by atoms with Gasteiger partial charge in [-0.25, -0.2) is 0 Å². The van der Waals surface area contributed by atoms with Crippen LogP contribution in [-0.2, 0) is 9.53 Å². The summed E-state index contributed by atoms with van der Waals surface area (Å²) in [6.07, 6.45) is 3.02. The summed E-state index contributed by atoms with van der Waals surface area (Å²) in [5.41, 5.74) is -0.468. The summed E-state index contributed by atoms with van der Waals surface area (Å²) in [7, 11) is 0. The van der Waals surface area contributed by atoms with Gasteiger partial charge in [0.05, 0.1) is 11.2 Å². The van der Waals surface area contributed by atoms with Crippen LogP contribution in [-0.4, -0.2) is 30.1 Å². The predicted molar refractivity (Wildman–Crippen MR) is 68.0 cm³/mol. The quantitative estimate of drug-likeness (QED) is 0.802. The Kier molecular flexibility index (Phi) is 3.34. The first kappa shape index (κ1) is 13.0. The molecule has 0 aromatic carbocycles. The third kappa shape index (κ3) is 2.71. The SMILES string of the molecule is CC1(C)CC(C(=O)C2CCCNC2)C(C)(C)O1. The number of Topliss-reactive ketones (excluding diaryl/α,β-unsaturated/α-hetero) is 1. The Morgan fingerprint density at radius 2 is 2.00 bits per heavy atom. The van der Waals surface area contributed by atoms with E-state index in [1.54, 1.807) is 0 Å². The van der Waals surface area contributed by atoms with Gasteiger partial charge in [0.2, 0.25) is 0 Å². The lowest BCUT2D eigenvalue weighted by Crippen LogP contribution is -2.42. The van der Waals surface area contributed by atoms with E-state index in [0.29, 0.717) is 5.78 Å². The van der Waals surface area contributed by atoms with Crippen molar-refractivity contribution in [2.45, 2.75) is 58.2 Å². The minimum Gasteiger partial charge on any atom is -0.369 e. The first-order valence-electron chi connectivity index (χ1n) is 6.76. The molecule has 2 unspecified atom stereocenters. The number of nitrogens with one attached hydrogen (secondary N) is 1. The number of ether oxygens (including phenoxy) is 1. The van der Waals surface area contributed by atoms with Crippen molar-refractivity contribution in [3.63, 3.8) is 0 Å². The number of rotatable bonds is 2. The third-order valence-electron chi connectivity index (χ3n) is 4.12. The molecule has 0 bridgehead atoms.